The van der Waals surface area contributed by atoms with Crippen molar-refractivity contribution >= 4 is 12.1 Å². The third-order valence-electron chi connectivity index (χ3n) is 2.76. The summed E-state index contributed by atoms with van der Waals surface area (Å²) in [6.45, 7) is 6.93. The highest BCUT2D eigenvalue weighted by molar-refractivity contribution is 5.81. The quantitative estimate of drug-likeness (QED) is 0.888. The van der Waals surface area contributed by atoms with E-state index in [1.807, 2.05) is 30.3 Å². The Bertz CT molecular complexity index is 465. The molecule has 1 unspecified atom stereocenters. The van der Waals surface area contributed by atoms with Crippen LogP contribution < -0.4 is 5.32 Å². The van der Waals surface area contributed by atoms with E-state index in [1.165, 1.54) is 0 Å². The van der Waals surface area contributed by atoms with Crippen LogP contribution in [0.15, 0.2) is 30.3 Å². The van der Waals surface area contributed by atoms with E-state index in [0.29, 0.717) is 0 Å². The molecule has 0 aliphatic carbocycles. The second-order valence-electron chi connectivity index (χ2n) is 5.66. The lowest BCUT2D eigenvalue weighted by Gasteiger charge is -2.25. The zero-order valence-electron chi connectivity index (χ0n) is 12.2. The van der Waals surface area contributed by atoms with Crippen LogP contribution in [-0.2, 0) is 9.53 Å². The van der Waals surface area contributed by atoms with Crippen molar-refractivity contribution in [3.05, 3.63) is 35.9 Å². The van der Waals surface area contributed by atoms with E-state index in [9.17, 15) is 14.7 Å². The molecule has 20 heavy (non-hydrogen) atoms. The molecule has 1 aromatic rings. The molecule has 0 bridgehead atoms. The summed E-state index contributed by atoms with van der Waals surface area (Å²) in [7, 11) is 0. The molecule has 0 radical (unpaired) electrons. The van der Waals surface area contributed by atoms with Crippen molar-refractivity contribution in [1.29, 1.82) is 0 Å². The van der Waals surface area contributed by atoms with Crippen molar-refractivity contribution in [3.8, 4) is 0 Å². The predicted octanol–water partition coefficient (Wildman–Crippen LogP) is 2.77. The van der Waals surface area contributed by atoms with E-state index in [2.05, 4.69) is 5.32 Å². The Morgan fingerprint density at radius 1 is 1.20 bits per heavy atom. The lowest BCUT2D eigenvalue weighted by Crippen LogP contribution is -2.46. The first-order valence-electron chi connectivity index (χ1n) is 6.48. The fourth-order valence-electron chi connectivity index (χ4n) is 1.78. The molecule has 0 fully saturated rings. The molecule has 0 aliphatic rings. The Labute approximate surface area is 118 Å². The molecular weight excluding hydrogens is 258 g/mol. The Balaban J connectivity index is 2.80. The summed E-state index contributed by atoms with van der Waals surface area (Å²) in [6, 6.07) is 8.14. The van der Waals surface area contributed by atoms with E-state index in [1.54, 1.807) is 27.7 Å². The van der Waals surface area contributed by atoms with Crippen LogP contribution in [-0.4, -0.2) is 28.8 Å². The van der Waals surface area contributed by atoms with E-state index < -0.39 is 23.7 Å². The maximum atomic E-state index is 11.7. The summed E-state index contributed by atoms with van der Waals surface area (Å²) in [4.78, 5) is 23.1. The molecule has 0 saturated carbocycles. The summed E-state index contributed by atoms with van der Waals surface area (Å²) in [5, 5.41) is 11.7. The first-order valence-corrected chi connectivity index (χ1v) is 6.48. The van der Waals surface area contributed by atoms with Gasteiger partial charge in [-0.3, -0.25) is 0 Å². The highest BCUT2D eigenvalue weighted by Crippen LogP contribution is 2.19. The van der Waals surface area contributed by atoms with Crippen molar-refractivity contribution < 1.29 is 19.4 Å². The molecule has 2 atom stereocenters. The van der Waals surface area contributed by atoms with Crippen molar-refractivity contribution in [2.24, 2.45) is 0 Å². The van der Waals surface area contributed by atoms with Crippen LogP contribution in [0.5, 0.6) is 0 Å². The zero-order valence-corrected chi connectivity index (χ0v) is 12.2. The minimum Gasteiger partial charge on any atom is -0.480 e. The number of rotatable bonds is 4. The van der Waals surface area contributed by atoms with Crippen LogP contribution in [0.3, 0.4) is 0 Å². The fraction of sp³-hybridized carbons (Fsp3) is 0.467. The number of carbonyl (C=O) groups is 2. The van der Waals surface area contributed by atoms with Gasteiger partial charge in [0.15, 0.2) is 0 Å². The molecule has 0 aromatic heterocycles. The molecule has 110 valence electrons. The van der Waals surface area contributed by atoms with E-state index in [0.717, 1.165) is 5.56 Å². The van der Waals surface area contributed by atoms with Crippen molar-refractivity contribution in [1.82, 2.24) is 5.32 Å². The molecular formula is C15H21NO4. The number of carbonyl (C=O) groups excluding carboxylic acids is 1. The minimum absolute atomic E-state index is 0.360. The Morgan fingerprint density at radius 3 is 2.20 bits per heavy atom. The van der Waals surface area contributed by atoms with Gasteiger partial charge in [-0.25, -0.2) is 9.59 Å². The average Bonchev–Trinajstić information content (AvgIpc) is 2.34. The summed E-state index contributed by atoms with van der Waals surface area (Å²) in [6.07, 6.45) is -0.729. The number of carboxylic acids is 1. The standard InChI is InChI=1S/C15H21NO4/c1-10(11-8-6-5-7-9-11)12(13(17)18)16-14(19)20-15(2,3)4/h5-10,12H,1-4H3,(H,16,19)(H,17,18)/t10?,12-/m1/s1. The van der Waals surface area contributed by atoms with Gasteiger partial charge in [-0.05, 0) is 26.3 Å². The fourth-order valence-corrected chi connectivity index (χ4v) is 1.78. The number of ether oxygens (including phenoxy) is 1. The number of carboxylic acid groups (broad SMARTS) is 1. The number of benzene rings is 1. The maximum Gasteiger partial charge on any atom is 0.408 e. The van der Waals surface area contributed by atoms with Gasteiger partial charge in [0.2, 0.25) is 0 Å². The van der Waals surface area contributed by atoms with E-state index >= 15 is 0 Å². The Hall–Kier alpha value is -2.04. The third-order valence-corrected chi connectivity index (χ3v) is 2.76. The van der Waals surface area contributed by atoms with E-state index in [4.69, 9.17) is 4.74 Å². The number of hydrogen-bond donors (Lipinski definition) is 2. The van der Waals surface area contributed by atoms with Gasteiger partial charge >= 0.3 is 12.1 Å². The second-order valence-corrected chi connectivity index (χ2v) is 5.66. The monoisotopic (exact) mass is 279 g/mol. The highest BCUT2D eigenvalue weighted by Gasteiger charge is 2.29. The number of alkyl carbamates (subject to hydrolysis) is 1. The molecule has 1 rings (SSSR count). The van der Waals surface area contributed by atoms with Crippen molar-refractivity contribution in [2.75, 3.05) is 0 Å². The van der Waals surface area contributed by atoms with E-state index in [-0.39, 0.29) is 5.92 Å². The van der Waals surface area contributed by atoms with Gasteiger partial charge in [-0.15, -0.1) is 0 Å². The minimum atomic E-state index is -1.09. The van der Waals surface area contributed by atoms with Gasteiger partial charge < -0.3 is 15.2 Å². The van der Waals surface area contributed by atoms with Gasteiger partial charge in [0, 0.05) is 5.92 Å². The first kappa shape index (κ1) is 16.0. The smallest absolute Gasteiger partial charge is 0.408 e. The lowest BCUT2D eigenvalue weighted by molar-refractivity contribution is -0.140. The Morgan fingerprint density at radius 2 is 1.75 bits per heavy atom. The molecule has 2 N–H and O–H groups in total. The van der Waals surface area contributed by atoms with Gasteiger partial charge in [-0.2, -0.15) is 0 Å². The van der Waals surface area contributed by atoms with Gasteiger partial charge in [0.25, 0.3) is 0 Å². The lowest BCUT2D eigenvalue weighted by atomic mass is 9.93. The molecule has 0 heterocycles. The first-order chi connectivity index (χ1) is 9.20. The average molecular weight is 279 g/mol. The van der Waals surface area contributed by atoms with Crippen LogP contribution in [0.1, 0.15) is 39.2 Å². The van der Waals surface area contributed by atoms with Gasteiger partial charge in [0.1, 0.15) is 11.6 Å². The third kappa shape index (κ3) is 4.91. The summed E-state index contributed by atoms with van der Waals surface area (Å²) in [5.41, 5.74) is 0.180. The van der Waals surface area contributed by atoms with Crippen molar-refractivity contribution in [2.45, 2.75) is 45.3 Å². The van der Waals surface area contributed by atoms with Crippen LogP contribution in [0.2, 0.25) is 0 Å². The predicted molar refractivity (Wildman–Crippen MR) is 75.7 cm³/mol. The highest BCUT2D eigenvalue weighted by atomic mass is 16.6. The van der Waals surface area contributed by atoms with Crippen LogP contribution in [0.25, 0.3) is 0 Å². The molecule has 0 spiro atoms. The van der Waals surface area contributed by atoms with Gasteiger partial charge in [-0.1, -0.05) is 37.3 Å². The molecule has 0 saturated heterocycles. The van der Waals surface area contributed by atoms with Crippen LogP contribution in [0.4, 0.5) is 4.79 Å². The van der Waals surface area contributed by atoms with Crippen molar-refractivity contribution in [3.63, 3.8) is 0 Å². The molecule has 5 heteroatoms. The maximum absolute atomic E-state index is 11.7. The summed E-state index contributed by atoms with van der Waals surface area (Å²) >= 11 is 0. The second kappa shape index (κ2) is 6.41. The number of aliphatic carboxylic acids is 1. The van der Waals surface area contributed by atoms with Gasteiger partial charge in [0.05, 0.1) is 0 Å². The number of nitrogens with one attached hydrogen (secondary N) is 1. The molecule has 1 aromatic carbocycles. The molecule has 1 amide bonds. The molecule has 5 nitrogen and oxygen atoms in total. The normalized spacial score (nSPS) is 14.2. The number of hydrogen-bond acceptors (Lipinski definition) is 3. The Kier molecular flexibility index (Phi) is 5.13. The van der Waals surface area contributed by atoms with Crippen LogP contribution in [0, 0.1) is 0 Å². The largest absolute Gasteiger partial charge is 0.480 e. The number of amides is 1. The zero-order chi connectivity index (χ0) is 15.3. The summed E-state index contributed by atoms with van der Waals surface area (Å²) in [5.74, 6) is -1.45. The summed E-state index contributed by atoms with van der Waals surface area (Å²) < 4.78 is 5.09. The topological polar surface area (TPSA) is 75.6 Å². The molecule has 0 aliphatic heterocycles. The van der Waals surface area contributed by atoms with Crippen LogP contribution >= 0.6 is 0 Å². The SMILES string of the molecule is CC(c1ccccc1)[C@@H](NC(=O)OC(C)(C)C)C(=O)O.